The molecule has 0 aliphatic rings. The Labute approximate surface area is 128 Å². The zero-order valence-corrected chi connectivity index (χ0v) is 13.0. The fraction of sp³-hybridized carbons (Fsp3) is 0.571. The van der Waals surface area contributed by atoms with Gasteiger partial charge in [0.05, 0.1) is 11.2 Å². The van der Waals surface area contributed by atoms with Gasteiger partial charge in [0, 0.05) is 18.9 Å². The van der Waals surface area contributed by atoms with Crippen LogP contribution in [0.25, 0.3) is 0 Å². The average molecular weight is 314 g/mol. The predicted molar refractivity (Wildman–Crippen MR) is 79.6 cm³/mol. The number of unbranched alkanes of at least 4 members (excludes halogenated alkanes) is 2. The molecule has 0 aromatic carbocycles. The van der Waals surface area contributed by atoms with Crippen LogP contribution < -0.4 is 5.32 Å². The van der Waals surface area contributed by atoms with Crippen molar-refractivity contribution in [3.05, 3.63) is 22.7 Å². The summed E-state index contributed by atoms with van der Waals surface area (Å²) in [5.41, 5.74) is 0.181. The molecule has 0 aliphatic carbocycles. The Morgan fingerprint density at radius 1 is 1.33 bits per heavy atom. The van der Waals surface area contributed by atoms with Crippen LogP contribution in [-0.4, -0.2) is 33.5 Å². The second-order valence-electron chi connectivity index (χ2n) is 5.04. The predicted octanol–water partition coefficient (Wildman–Crippen LogP) is 2.63. The molecule has 0 radical (unpaired) electrons. The molecule has 0 unspecified atom stereocenters. The minimum absolute atomic E-state index is 0.116. The Kier molecular flexibility index (Phi) is 7.08. The van der Waals surface area contributed by atoms with Gasteiger partial charge in [-0.05, 0) is 12.8 Å². The Balaban J connectivity index is 2.45. The van der Waals surface area contributed by atoms with E-state index in [9.17, 15) is 9.59 Å². The summed E-state index contributed by atoms with van der Waals surface area (Å²) in [6.07, 6.45) is 3.67. The van der Waals surface area contributed by atoms with Crippen LogP contribution in [-0.2, 0) is 4.79 Å². The lowest BCUT2D eigenvalue weighted by atomic mass is 10.2. The maximum Gasteiger partial charge on any atom is 0.303 e. The molecule has 7 heteroatoms. The van der Waals surface area contributed by atoms with E-state index in [0.717, 1.165) is 12.8 Å². The van der Waals surface area contributed by atoms with Gasteiger partial charge in [0.25, 0.3) is 5.91 Å². The van der Waals surface area contributed by atoms with Crippen molar-refractivity contribution in [1.82, 2.24) is 15.3 Å². The lowest BCUT2D eigenvalue weighted by Gasteiger charge is -2.08. The van der Waals surface area contributed by atoms with Gasteiger partial charge in [0.2, 0.25) is 0 Å². The van der Waals surface area contributed by atoms with Crippen molar-refractivity contribution in [2.45, 2.75) is 45.4 Å². The van der Waals surface area contributed by atoms with Crippen LogP contribution in [0, 0.1) is 0 Å². The molecule has 0 aliphatic heterocycles. The lowest BCUT2D eigenvalue weighted by Crippen LogP contribution is -2.26. The van der Waals surface area contributed by atoms with Gasteiger partial charge in [-0.2, -0.15) is 0 Å². The number of aliphatic carboxylic acids is 1. The molecule has 0 saturated carbocycles. The molecule has 0 atom stereocenters. The molecule has 116 valence electrons. The standard InChI is InChI=1S/C14H20ClN3O3/c1-9(2)13-17-8-10(15)12(18-13)14(21)16-7-5-3-4-6-11(19)20/h8-9H,3-7H2,1-2H3,(H,16,21)(H,19,20). The SMILES string of the molecule is CC(C)c1ncc(Cl)c(C(=O)NCCCCCC(=O)O)n1. The summed E-state index contributed by atoms with van der Waals surface area (Å²) < 4.78 is 0. The second kappa shape index (κ2) is 8.56. The van der Waals surface area contributed by atoms with Crippen LogP contribution in [0.15, 0.2) is 6.20 Å². The molecule has 1 heterocycles. The molecule has 0 bridgehead atoms. The fourth-order valence-electron chi connectivity index (χ4n) is 1.68. The van der Waals surface area contributed by atoms with Gasteiger partial charge >= 0.3 is 5.97 Å². The van der Waals surface area contributed by atoms with Crippen molar-refractivity contribution < 1.29 is 14.7 Å². The molecule has 0 spiro atoms. The third kappa shape index (κ3) is 6.08. The molecule has 0 fully saturated rings. The minimum atomic E-state index is -0.798. The van der Waals surface area contributed by atoms with E-state index in [-0.39, 0.29) is 29.0 Å². The Bertz CT molecular complexity index is 506. The number of nitrogens with zero attached hydrogens (tertiary/aromatic N) is 2. The Hall–Kier alpha value is -1.69. The summed E-state index contributed by atoms with van der Waals surface area (Å²) in [6.45, 7) is 4.34. The molecule has 21 heavy (non-hydrogen) atoms. The molecule has 1 amide bonds. The van der Waals surface area contributed by atoms with E-state index in [0.29, 0.717) is 18.8 Å². The average Bonchev–Trinajstić information content (AvgIpc) is 2.42. The number of rotatable bonds is 8. The Morgan fingerprint density at radius 2 is 2.05 bits per heavy atom. The summed E-state index contributed by atoms with van der Waals surface area (Å²) >= 11 is 5.94. The van der Waals surface area contributed by atoms with Crippen molar-refractivity contribution >= 4 is 23.5 Å². The molecule has 1 rings (SSSR count). The van der Waals surface area contributed by atoms with E-state index in [1.54, 1.807) is 0 Å². The molecule has 0 saturated heterocycles. The van der Waals surface area contributed by atoms with Crippen LogP contribution >= 0.6 is 11.6 Å². The topological polar surface area (TPSA) is 92.2 Å². The number of amides is 1. The number of carboxylic acid groups (broad SMARTS) is 1. The van der Waals surface area contributed by atoms with Crippen LogP contribution in [0.3, 0.4) is 0 Å². The number of halogens is 1. The molecule has 2 N–H and O–H groups in total. The van der Waals surface area contributed by atoms with E-state index in [1.807, 2.05) is 13.8 Å². The largest absolute Gasteiger partial charge is 0.481 e. The first kappa shape index (κ1) is 17.4. The number of nitrogens with one attached hydrogen (secondary N) is 1. The third-order valence-corrected chi connectivity index (χ3v) is 3.12. The Morgan fingerprint density at radius 3 is 2.67 bits per heavy atom. The first-order chi connectivity index (χ1) is 9.91. The minimum Gasteiger partial charge on any atom is -0.481 e. The van der Waals surface area contributed by atoms with Crippen molar-refractivity contribution in [2.24, 2.45) is 0 Å². The van der Waals surface area contributed by atoms with Gasteiger partial charge in [-0.25, -0.2) is 9.97 Å². The molecule has 1 aromatic rings. The van der Waals surface area contributed by atoms with Crippen molar-refractivity contribution in [3.63, 3.8) is 0 Å². The first-order valence-corrected chi connectivity index (χ1v) is 7.32. The summed E-state index contributed by atoms with van der Waals surface area (Å²) in [5.74, 6) is -0.439. The number of hydrogen-bond acceptors (Lipinski definition) is 4. The summed E-state index contributed by atoms with van der Waals surface area (Å²) in [6, 6.07) is 0. The van der Waals surface area contributed by atoms with Gasteiger partial charge in [-0.3, -0.25) is 9.59 Å². The molecule has 1 aromatic heterocycles. The smallest absolute Gasteiger partial charge is 0.303 e. The van der Waals surface area contributed by atoms with E-state index in [4.69, 9.17) is 16.7 Å². The molecular formula is C14H20ClN3O3. The van der Waals surface area contributed by atoms with Crippen LogP contribution in [0.4, 0.5) is 0 Å². The van der Waals surface area contributed by atoms with Crippen molar-refractivity contribution in [2.75, 3.05) is 6.54 Å². The van der Waals surface area contributed by atoms with Crippen LogP contribution in [0.2, 0.25) is 5.02 Å². The normalized spacial score (nSPS) is 10.7. The van der Waals surface area contributed by atoms with E-state index >= 15 is 0 Å². The second-order valence-corrected chi connectivity index (χ2v) is 5.45. The number of aromatic nitrogens is 2. The number of carbonyl (C=O) groups is 2. The van der Waals surface area contributed by atoms with Gasteiger partial charge in [0.15, 0.2) is 0 Å². The fourth-order valence-corrected chi connectivity index (χ4v) is 1.86. The lowest BCUT2D eigenvalue weighted by molar-refractivity contribution is -0.137. The maximum atomic E-state index is 12.0. The monoisotopic (exact) mass is 313 g/mol. The van der Waals surface area contributed by atoms with Crippen LogP contribution in [0.5, 0.6) is 0 Å². The zero-order valence-electron chi connectivity index (χ0n) is 12.2. The van der Waals surface area contributed by atoms with Gasteiger partial charge in [-0.15, -0.1) is 0 Å². The number of carbonyl (C=O) groups excluding carboxylic acids is 1. The van der Waals surface area contributed by atoms with Crippen LogP contribution in [0.1, 0.15) is 61.8 Å². The highest BCUT2D eigenvalue weighted by Gasteiger charge is 2.14. The van der Waals surface area contributed by atoms with E-state index in [1.165, 1.54) is 6.20 Å². The molecule has 6 nitrogen and oxygen atoms in total. The maximum absolute atomic E-state index is 12.0. The van der Waals surface area contributed by atoms with Gasteiger partial charge in [0.1, 0.15) is 11.5 Å². The van der Waals surface area contributed by atoms with E-state index < -0.39 is 5.97 Å². The van der Waals surface area contributed by atoms with Crippen molar-refractivity contribution in [3.8, 4) is 0 Å². The first-order valence-electron chi connectivity index (χ1n) is 6.94. The summed E-state index contributed by atoms with van der Waals surface area (Å²) in [4.78, 5) is 30.6. The van der Waals surface area contributed by atoms with Gasteiger partial charge in [-0.1, -0.05) is 31.9 Å². The number of hydrogen-bond donors (Lipinski definition) is 2. The summed E-state index contributed by atoms with van der Waals surface area (Å²) in [5, 5.41) is 11.5. The van der Waals surface area contributed by atoms with Gasteiger partial charge < -0.3 is 10.4 Å². The molecular weight excluding hydrogens is 294 g/mol. The highest BCUT2D eigenvalue weighted by Crippen LogP contribution is 2.16. The zero-order chi connectivity index (χ0) is 15.8. The summed E-state index contributed by atoms with van der Waals surface area (Å²) in [7, 11) is 0. The van der Waals surface area contributed by atoms with Crippen molar-refractivity contribution in [1.29, 1.82) is 0 Å². The quantitative estimate of drug-likeness (QED) is 0.720. The highest BCUT2D eigenvalue weighted by molar-refractivity contribution is 6.33. The number of carboxylic acids is 1. The van der Waals surface area contributed by atoms with E-state index in [2.05, 4.69) is 15.3 Å². The highest BCUT2D eigenvalue weighted by atomic mass is 35.5. The third-order valence-electron chi connectivity index (χ3n) is 2.85.